The van der Waals surface area contributed by atoms with Crippen LogP contribution in [0.2, 0.25) is 0 Å². The Bertz CT molecular complexity index is 4020. The molecule has 1 saturated heterocycles. The zero-order chi connectivity index (χ0) is 85.5. The van der Waals surface area contributed by atoms with Gasteiger partial charge < -0.3 is 137 Å². The summed E-state index contributed by atoms with van der Waals surface area (Å²) < 4.78 is 111. The number of nitrogens with zero attached hydrogens (tertiary/aromatic N) is 4. The average molecular weight is 1670 g/mol. The van der Waals surface area contributed by atoms with E-state index in [9.17, 15) is 13.2 Å². The molecular weight excluding hydrogens is 1550 g/mol. The van der Waals surface area contributed by atoms with Crippen molar-refractivity contribution in [3.05, 3.63) is 154 Å². The number of aliphatic hydroxyl groups is 2. The number of rotatable bonds is 30. The molecule has 0 atom stereocenters. The van der Waals surface area contributed by atoms with Gasteiger partial charge in [-0.3, -0.25) is 4.90 Å². The van der Waals surface area contributed by atoms with E-state index in [-0.39, 0.29) is 37.0 Å². The monoisotopic (exact) mass is 1670 g/mol. The first kappa shape index (κ1) is 99.5. The van der Waals surface area contributed by atoms with Gasteiger partial charge in [0, 0.05) is 113 Å². The largest absolute Gasteiger partial charge is 0.496 e. The van der Waals surface area contributed by atoms with Crippen LogP contribution < -0.4 is 112 Å². The molecule has 1 fully saturated rings. The smallest absolute Gasteiger partial charge is 0.420 e. The Hall–Kier alpha value is -10.6. The molecule has 0 radical (unpaired) electrons. The summed E-state index contributed by atoms with van der Waals surface area (Å²) in [5.41, 5.74) is 52.0. The number of halogens is 4. The Kier molecular flexibility index (Phi) is 47.3. The van der Waals surface area contributed by atoms with Gasteiger partial charge in [-0.25, -0.2) is 0 Å². The molecule has 0 aromatic heterocycles. The Morgan fingerprint density at radius 1 is 0.351 bits per heavy atom. The topological polar surface area (TPSA) is 391 Å². The standard InChI is InChI=1S/C13H20N2O2.C12H20N2O.2C11H18N2O2.C9H10F3NO2.C9H13NO3.C9H13NO2.C8H10BrNO2/c1-16-13-10-11(14)4-5-12(13)17-9-8-15-6-2-3-7-15;1-9-8-12(10(2)7-11(9)13)15-6-5-14(3)4;1-13(2)6-7-15-10-5-4-9(12)8-11(10)14-3;1-13(2)6-7-15-11-8-9(12)4-5-10(11)14-3;1-14-7-4-8(15-2)6(13)3-5(7)9(10,11)12;1-12-8-3-2-7(10)6-9(8)13-5-4-11;1-7-6-8(12-5-4-11)2-3-9(7)10;1-11-7-3-5(9)6(10)4-8(7)12-2/h4-5,10H,2-3,6-9,14H2,1H3;7-8H,5-6,13H2,1-4H3;2*4-5,8H,6-7,12H2,1-3H3;3-4H,13H2,1-2H3;2-3,6,11H,4-5,10H2,1H3;2-3,6,11H,4-5,10H2,1H3;3-4H,10H2,1-2H3. The predicted octanol–water partition coefficient (Wildman–Crippen LogP) is 12.0. The molecule has 0 saturated carbocycles. The van der Waals surface area contributed by atoms with Crippen molar-refractivity contribution < 1.29 is 89.7 Å². The quantitative estimate of drug-likeness (QED) is 0.0187. The van der Waals surface area contributed by atoms with Gasteiger partial charge in [-0.1, -0.05) is 0 Å². The number of methoxy groups -OCH3 is 8. The number of ether oxygens (including phenoxy) is 14. The number of aliphatic hydroxyl groups excluding tert-OH is 2. The minimum absolute atomic E-state index is 0.0298. The summed E-state index contributed by atoms with van der Waals surface area (Å²) in [6, 6.07) is 36.1. The highest BCUT2D eigenvalue weighted by Gasteiger charge is 2.35. The van der Waals surface area contributed by atoms with Crippen molar-refractivity contribution in [1.29, 1.82) is 0 Å². The lowest BCUT2D eigenvalue weighted by molar-refractivity contribution is -0.138. The van der Waals surface area contributed by atoms with Gasteiger partial charge in [0.25, 0.3) is 0 Å². The summed E-state index contributed by atoms with van der Waals surface area (Å²) in [6.07, 6.45) is -1.87. The summed E-state index contributed by atoms with van der Waals surface area (Å²) >= 11 is 3.29. The minimum Gasteiger partial charge on any atom is -0.496 e. The van der Waals surface area contributed by atoms with E-state index >= 15 is 0 Å². The number of likely N-dealkylation sites (tertiary alicyclic amines) is 1. The van der Waals surface area contributed by atoms with E-state index in [4.69, 9.17) is 118 Å². The first-order valence-electron chi connectivity index (χ1n) is 36.0. The Labute approximate surface area is 679 Å². The van der Waals surface area contributed by atoms with Crippen LogP contribution in [0.1, 0.15) is 35.1 Å². The fourth-order valence-electron chi connectivity index (χ4n) is 9.56. The van der Waals surface area contributed by atoms with Gasteiger partial charge in [-0.15, -0.1) is 0 Å². The second-order valence-electron chi connectivity index (χ2n) is 25.7. The summed E-state index contributed by atoms with van der Waals surface area (Å²) in [5.74, 6) is 8.26. The van der Waals surface area contributed by atoms with Crippen LogP contribution in [0.25, 0.3) is 0 Å². The van der Waals surface area contributed by atoms with E-state index in [1.165, 1.54) is 33.0 Å². The number of anilines is 8. The van der Waals surface area contributed by atoms with Crippen molar-refractivity contribution >= 4 is 61.4 Å². The number of hydrogen-bond acceptors (Lipinski definition) is 28. The number of alkyl halides is 3. The number of nitrogen functional groups attached to an aromatic ring is 8. The SMILES string of the molecule is COc1cc(N)c(Br)cc1OC.COc1cc(N)ccc1OCCN(C)C.COc1cc(N)ccc1OCCN1CCCC1.COc1cc(OC)c(C(F)(F)F)cc1N.COc1ccc(N)cc1OCCN(C)C.COc1ccc(N)cc1OCCO.Cc1cc(OCCN(C)C)c(C)cc1N.Cc1cc(OCCO)ccc1N. The van der Waals surface area contributed by atoms with Gasteiger partial charge in [-0.2, -0.15) is 13.2 Å². The van der Waals surface area contributed by atoms with Crippen LogP contribution in [0.3, 0.4) is 0 Å². The molecule has 0 amide bonds. The third-order valence-electron chi connectivity index (χ3n) is 15.9. The maximum absolute atomic E-state index is 12.5. The first-order chi connectivity index (χ1) is 54.1. The van der Waals surface area contributed by atoms with Crippen LogP contribution in [-0.2, 0) is 6.18 Å². The molecule has 0 spiro atoms. The van der Waals surface area contributed by atoms with Gasteiger partial charge in [0.2, 0.25) is 0 Å². The molecule has 8 aromatic rings. The number of benzene rings is 8. The highest BCUT2D eigenvalue weighted by molar-refractivity contribution is 9.10. The summed E-state index contributed by atoms with van der Waals surface area (Å²) in [7, 11) is 24.1. The lowest BCUT2D eigenvalue weighted by atomic mass is 10.1. The highest BCUT2D eigenvalue weighted by atomic mass is 79.9. The number of aryl methyl sites for hydroxylation is 3. The van der Waals surface area contributed by atoms with Crippen molar-refractivity contribution in [1.82, 2.24) is 19.6 Å². The maximum Gasteiger partial charge on any atom is 0.420 e. The average Bonchev–Trinajstić information content (AvgIpc) is 0.909. The summed E-state index contributed by atoms with van der Waals surface area (Å²) in [5, 5.41) is 17.1. The van der Waals surface area contributed by atoms with E-state index < -0.39 is 11.7 Å². The van der Waals surface area contributed by atoms with Crippen LogP contribution in [0.15, 0.2) is 132 Å². The second-order valence-corrected chi connectivity index (χ2v) is 26.5. The van der Waals surface area contributed by atoms with Crippen molar-refractivity contribution in [2.45, 2.75) is 39.8 Å². The molecule has 28 nitrogen and oxygen atoms in total. The van der Waals surface area contributed by atoms with E-state index in [1.807, 2.05) is 99.5 Å². The highest BCUT2D eigenvalue weighted by Crippen LogP contribution is 2.41. The fourth-order valence-corrected chi connectivity index (χ4v) is 9.89. The maximum atomic E-state index is 12.5. The van der Waals surface area contributed by atoms with Crippen LogP contribution in [0.5, 0.6) is 80.5 Å². The predicted molar refractivity (Wildman–Crippen MR) is 455 cm³/mol. The molecule has 1 aliphatic heterocycles. The van der Waals surface area contributed by atoms with Gasteiger partial charge in [0.15, 0.2) is 57.5 Å². The third kappa shape index (κ3) is 38.3. The van der Waals surface area contributed by atoms with Crippen molar-refractivity contribution in [3.8, 4) is 80.5 Å². The van der Waals surface area contributed by atoms with Crippen molar-refractivity contribution in [2.24, 2.45) is 0 Å². The molecule has 8 aromatic carbocycles. The zero-order valence-corrected chi connectivity index (χ0v) is 70.6. The summed E-state index contributed by atoms with van der Waals surface area (Å²) in [6.45, 7) is 15.2. The second kappa shape index (κ2) is 54.2. The molecule has 1 aliphatic rings. The fraction of sp³-hybridized carbons (Fsp3) is 0.415. The lowest BCUT2D eigenvalue weighted by Crippen LogP contribution is -2.25. The van der Waals surface area contributed by atoms with Gasteiger partial charge in [0.05, 0.1) is 81.3 Å². The van der Waals surface area contributed by atoms with Gasteiger partial charge in [-0.05, 0) is 207 Å². The van der Waals surface area contributed by atoms with E-state index in [1.54, 1.807) is 122 Å². The molecule has 634 valence electrons. The zero-order valence-electron chi connectivity index (χ0n) is 69.0. The van der Waals surface area contributed by atoms with Crippen molar-refractivity contribution in [3.63, 3.8) is 0 Å². The Morgan fingerprint density at radius 3 is 1.15 bits per heavy atom. The van der Waals surface area contributed by atoms with Crippen LogP contribution in [0.4, 0.5) is 58.7 Å². The molecule has 0 bridgehead atoms. The van der Waals surface area contributed by atoms with E-state index in [0.29, 0.717) is 107 Å². The molecule has 0 aliphatic carbocycles. The van der Waals surface area contributed by atoms with Crippen LogP contribution in [-0.4, -0.2) is 221 Å². The molecule has 32 heteroatoms. The molecule has 114 heavy (non-hydrogen) atoms. The lowest BCUT2D eigenvalue weighted by Gasteiger charge is -2.16. The molecule has 18 N–H and O–H groups in total. The Morgan fingerprint density at radius 2 is 0.728 bits per heavy atom. The van der Waals surface area contributed by atoms with E-state index in [0.717, 1.165) is 101 Å². The third-order valence-corrected chi connectivity index (χ3v) is 16.6. The molecule has 1 heterocycles. The number of hydrogen-bond donors (Lipinski definition) is 10. The minimum atomic E-state index is -4.49. The number of likely N-dealkylation sites (N-methyl/N-ethyl adjacent to an activating group) is 3. The Balaban J connectivity index is 0.000000443. The van der Waals surface area contributed by atoms with Crippen LogP contribution >= 0.6 is 15.9 Å². The normalized spacial score (nSPS) is 11.2. The van der Waals surface area contributed by atoms with E-state index in [2.05, 4.69) is 40.3 Å². The number of nitrogens with two attached hydrogens (primary N) is 8. The van der Waals surface area contributed by atoms with Gasteiger partial charge >= 0.3 is 6.18 Å². The molecule has 9 rings (SSSR count). The first-order valence-corrected chi connectivity index (χ1v) is 36.8. The molecular formula is C82H122BrF3N12O16. The van der Waals surface area contributed by atoms with Crippen molar-refractivity contribution in [2.75, 3.05) is 237 Å². The van der Waals surface area contributed by atoms with Gasteiger partial charge in [0.1, 0.15) is 62.6 Å². The summed E-state index contributed by atoms with van der Waals surface area (Å²) in [4.78, 5) is 8.63. The van der Waals surface area contributed by atoms with Crippen LogP contribution in [0, 0.1) is 20.8 Å². The molecule has 0 unspecified atom stereocenters.